The second kappa shape index (κ2) is 8.83. The van der Waals surface area contributed by atoms with E-state index in [2.05, 4.69) is 10.3 Å². The molecule has 1 fully saturated rings. The summed E-state index contributed by atoms with van der Waals surface area (Å²) in [6, 6.07) is 14.2. The van der Waals surface area contributed by atoms with Crippen molar-refractivity contribution in [1.29, 1.82) is 0 Å². The molecule has 0 atom stereocenters. The molecule has 1 aliphatic rings. The monoisotopic (exact) mass is 402 g/mol. The van der Waals surface area contributed by atoms with Crippen LogP contribution in [0.1, 0.15) is 0 Å². The van der Waals surface area contributed by atoms with Crippen LogP contribution in [0.15, 0.2) is 54.7 Å². The van der Waals surface area contributed by atoms with Gasteiger partial charge < -0.3 is 15.1 Å². The highest BCUT2D eigenvalue weighted by molar-refractivity contribution is 7.92. The summed E-state index contributed by atoms with van der Waals surface area (Å²) in [5, 5.41) is 2.52. The molecular formula is C19H22N4O4S. The molecule has 1 saturated heterocycles. The minimum atomic E-state index is -3.84. The van der Waals surface area contributed by atoms with E-state index in [-0.39, 0.29) is 0 Å². The summed E-state index contributed by atoms with van der Waals surface area (Å²) in [4.78, 5) is 32.2. The lowest BCUT2D eigenvalue weighted by atomic mass is 10.3. The molecule has 0 unspecified atom stereocenters. The molecule has 0 radical (unpaired) electrons. The molecule has 8 nitrogen and oxygen atoms in total. The fraction of sp³-hybridized carbons (Fsp3) is 0.316. The second-order valence-electron chi connectivity index (χ2n) is 6.50. The van der Waals surface area contributed by atoms with E-state index in [4.69, 9.17) is 0 Å². The predicted molar refractivity (Wildman–Crippen MR) is 107 cm³/mol. The Morgan fingerprint density at radius 2 is 1.61 bits per heavy atom. The molecule has 0 bridgehead atoms. The highest BCUT2D eigenvalue weighted by Crippen LogP contribution is 2.13. The quantitative estimate of drug-likeness (QED) is 0.767. The summed E-state index contributed by atoms with van der Waals surface area (Å²) in [6.07, 6.45) is 1.71. The Morgan fingerprint density at radius 1 is 0.929 bits per heavy atom. The van der Waals surface area contributed by atoms with Crippen LogP contribution in [0.3, 0.4) is 0 Å². The van der Waals surface area contributed by atoms with Gasteiger partial charge >= 0.3 is 0 Å². The van der Waals surface area contributed by atoms with Gasteiger partial charge in [-0.1, -0.05) is 24.3 Å². The van der Waals surface area contributed by atoms with Gasteiger partial charge in [-0.3, -0.25) is 9.59 Å². The zero-order valence-electron chi connectivity index (χ0n) is 15.3. The van der Waals surface area contributed by atoms with E-state index in [1.54, 1.807) is 36.5 Å². The molecule has 0 saturated carbocycles. The zero-order chi connectivity index (χ0) is 20.0. The van der Waals surface area contributed by atoms with Crippen molar-refractivity contribution < 1.29 is 18.0 Å². The third-order valence-electron chi connectivity index (χ3n) is 4.36. The first kappa shape index (κ1) is 19.8. The number of pyridine rings is 1. The predicted octanol–water partition coefficient (Wildman–Crippen LogP) is 0.784. The van der Waals surface area contributed by atoms with Crippen LogP contribution in [0.25, 0.3) is 0 Å². The van der Waals surface area contributed by atoms with Crippen LogP contribution >= 0.6 is 0 Å². The average molecular weight is 402 g/mol. The number of rotatable bonds is 6. The van der Waals surface area contributed by atoms with Gasteiger partial charge in [0.1, 0.15) is 17.3 Å². The summed E-state index contributed by atoms with van der Waals surface area (Å²) in [5.74, 6) is -1.69. The lowest BCUT2D eigenvalue weighted by molar-refractivity contribution is -0.128. The van der Waals surface area contributed by atoms with Crippen molar-refractivity contribution in [2.75, 3.05) is 47.9 Å². The highest BCUT2D eigenvalue weighted by Gasteiger charge is 2.27. The number of piperazine rings is 1. The Hall–Kier alpha value is -2.94. The van der Waals surface area contributed by atoms with Crippen LogP contribution in [0.2, 0.25) is 0 Å². The number of aromatic nitrogens is 1. The lowest BCUT2D eigenvalue weighted by Crippen LogP contribution is -2.50. The van der Waals surface area contributed by atoms with Gasteiger partial charge in [-0.25, -0.2) is 13.4 Å². The van der Waals surface area contributed by atoms with Crippen molar-refractivity contribution in [1.82, 2.24) is 9.88 Å². The van der Waals surface area contributed by atoms with Crippen molar-refractivity contribution in [2.24, 2.45) is 0 Å². The number of anilines is 2. The van der Waals surface area contributed by atoms with Gasteiger partial charge in [-0.05, 0) is 24.3 Å². The number of amides is 2. The van der Waals surface area contributed by atoms with Crippen molar-refractivity contribution >= 4 is 33.2 Å². The van der Waals surface area contributed by atoms with Gasteiger partial charge in [0, 0.05) is 38.1 Å². The standard InChI is InChI=1S/C19H22N4O4S/c24-18(21-16-6-2-1-3-7-16)14-28(26,27)15-19(25)23-12-10-22(11-13-23)17-8-4-5-9-20-17/h1-9H,10-15H2,(H,21,24). The van der Waals surface area contributed by atoms with Crippen LogP contribution in [-0.4, -0.2) is 67.8 Å². The normalized spacial score (nSPS) is 14.6. The third-order valence-corrected chi connectivity index (χ3v) is 5.75. The number of carbonyl (C=O) groups excluding carboxylic acids is 2. The number of hydrogen-bond acceptors (Lipinski definition) is 6. The van der Waals surface area contributed by atoms with Gasteiger partial charge in [0.05, 0.1) is 0 Å². The molecular weight excluding hydrogens is 380 g/mol. The second-order valence-corrected chi connectivity index (χ2v) is 8.57. The van der Waals surface area contributed by atoms with Crippen molar-refractivity contribution in [3.05, 3.63) is 54.7 Å². The number of hydrogen-bond donors (Lipinski definition) is 1. The number of nitrogens with zero attached hydrogens (tertiary/aromatic N) is 3. The van der Waals surface area contributed by atoms with E-state index in [9.17, 15) is 18.0 Å². The van der Waals surface area contributed by atoms with Crippen molar-refractivity contribution in [3.63, 3.8) is 0 Å². The Balaban J connectivity index is 1.49. The SMILES string of the molecule is O=C(CS(=O)(=O)CC(=O)N1CCN(c2ccccn2)CC1)Nc1ccccc1. The molecule has 1 aromatic carbocycles. The van der Waals surface area contributed by atoms with Crippen LogP contribution < -0.4 is 10.2 Å². The van der Waals surface area contributed by atoms with Gasteiger partial charge in [0.15, 0.2) is 9.84 Å². The number of para-hydroxylation sites is 1. The van der Waals surface area contributed by atoms with Crippen LogP contribution in [0, 0.1) is 0 Å². The molecule has 2 heterocycles. The van der Waals surface area contributed by atoms with E-state index in [0.717, 1.165) is 5.82 Å². The number of nitrogens with one attached hydrogen (secondary N) is 1. The Labute approximate surface area is 164 Å². The maximum Gasteiger partial charge on any atom is 0.239 e. The van der Waals surface area contributed by atoms with Gasteiger partial charge in [0.25, 0.3) is 0 Å². The molecule has 0 spiro atoms. The first-order chi connectivity index (χ1) is 13.4. The molecule has 1 N–H and O–H groups in total. The molecule has 1 aliphatic heterocycles. The van der Waals surface area contributed by atoms with E-state index in [1.807, 2.05) is 23.1 Å². The molecule has 1 aromatic heterocycles. The average Bonchev–Trinajstić information content (AvgIpc) is 2.68. The summed E-state index contributed by atoms with van der Waals surface area (Å²) in [7, 11) is -3.84. The van der Waals surface area contributed by atoms with E-state index >= 15 is 0 Å². The minimum absolute atomic E-state index is 0.418. The molecule has 9 heteroatoms. The molecule has 2 amide bonds. The number of sulfone groups is 1. The summed E-state index contributed by atoms with van der Waals surface area (Å²) in [5.41, 5.74) is 0.514. The van der Waals surface area contributed by atoms with Crippen LogP contribution in [0.5, 0.6) is 0 Å². The van der Waals surface area contributed by atoms with Gasteiger partial charge in [-0.15, -0.1) is 0 Å². The minimum Gasteiger partial charge on any atom is -0.353 e. The maximum absolute atomic E-state index is 12.4. The van der Waals surface area contributed by atoms with Crippen LogP contribution in [-0.2, 0) is 19.4 Å². The van der Waals surface area contributed by atoms with Crippen molar-refractivity contribution in [3.8, 4) is 0 Å². The molecule has 148 valence electrons. The van der Waals surface area contributed by atoms with Gasteiger partial charge in [-0.2, -0.15) is 0 Å². The summed E-state index contributed by atoms with van der Waals surface area (Å²) >= 11 is 0. The summed E-state index contributed by atoms with van der Waals surface area (Å²) < 4.78 is 24.5. The topological polar surface area (TPSA) is 99.7 Å². The van der Waals surface area contributed by atoms with E-state index < -0.39 is 33.2 Å². The first-order valence-corrected chi connectivity index (χ1v) is 10.7. The molecule has 3 rings (SSSR count). The van der Waals surface area contributed by atoms with Gasteiger partial charge in [0.2, 0.25) is 11.8 Å². The largest absolute Gasteiger partial charge is 0.353 e. The van der Waals surface area contributed by atoms with Crippen LogP contribution in [0.4, 0.5) is 11.5 Å². The molecule has 28 heavy (non-hydrogen) atoms. The fourth-order valence-electron chi connectivity index (χ4n) is 2.97. The zero-order valence-corrected chi connectivity index (χ0v) is 16.1. The lowest BCUT2D eigenvalue weighted by Gasteiger charge is -2.35. The molecule has 0 aliphatic carbocycles. The fourth-order valence-corrected chi connectivity index (χ4v) is 4.11. The van der Waals surface area contributed by atoms with E-state index in [1.165, 1.54) is 4.90 Å². The number of benzene rings is 1. The maximum atomic E-state index is 12.4. The summed E-state index contributed by atoms with van der Waals surface area (Å²) in [6.45, 7) is 2.00. The smallest absolute Gasteiger partial charge is 0.239 e. The highest BCUT2D eigenvalue weighted by atomic mass is 32.2. The third kappa shape index (κ3) is 5.53. The Bertz CT molecular complexity index is 911. The molecule has 2 aromatic rings. The Kier molecular flexibility index (Phi) is 6.25. The van der Waals surface area contributed by atoms with E-state index in [0.29, 0.717) is 31.9 Å². The Morgan fingerprint density at radius 3 is 2.25 bits per heavy atom. The number of carbonyl (C=O) groups is 2. The first-order valence-electron chi connectivity index (χ1n) is 8.92. The van der Waals surface area contributed by atoms with Crippen molar-refractivity contribution in [2.45, 2.75) is 0 Å².